The number of aromatic hydroxyl groups is 1. The zero-order valence-electron chi connectivity index (χ0n) is 37.1. The van der Waals surface area contributed by atoms with Crippen LogP contribution in [0, 0.1) is 24.4 Å². The van der Waals surface area contributed by atoms with Gasteiger partial charge < -0.3 is 19.4 Å². The minimum atomic E-state index is -4.76. The van der Waals surface area contributed by atoms with Gasteiger partial charge in [0.05, 0.1) is 42.5 Å². The summed E-state index contributed by atoms with van der Waals surface area (Å²) in [5.74, 6) is -5.07. The molecule has 4 heterocycles. The molecule has 7 aromatic rings. The second-order valence-electron chi connectivity index (χ2n) is 14.7. The van der Waals surface area contributed by atoms with Gasteiger partial charge in [-0.1, -0.05) is 71.9 Å². The number of carbonyl (C=O) groups excluding carboxylic acids is 2. The number of methoxy groups -OCH3 is 1. The topological polar surface area (TPSA) is 236 Å². The first-order chi connectivity index (χ1) is 32.9. The molecule has 0 saturated carbocycles. The van der Waals surface area contributed by atoms with Crippen molar-refractivity contribution in [2.75, 3.05) is 24.7 Å². The lowest BCUT2D eigenvalue weighted by Crippen LogP contribution is -2.29. The summed E-state index contributed by atoms with van der Waals surface area (Å²) < 4.78 is 141. The van der Waals surface area contributed by atoms with E-state index >= 15 is 0 Å². The standard InChI is InChI=1S/C18H17NO3.C14H13F3N2O4S.C12H8F3N5O3S/c1-2-21-17(20)16-13-18(22-19-16,14-9-5-3-6-10-14)15-11-7-4-8-12-15;1-7-11(13(21)19(2)18-7)12(20)9-5-4-8(14(15,16)17)6-10(9)24(3,22)23;1-23-12-16-5-8(15)10-17-11(18-20(10)12)24(21,22)19-9-6(13)3-2-4-7(9)14/h3-12H,2,13H2,1H3;4-6,21H,1-3H3;2-5,19H,1H3. The highest BCUT2D eigenvalue weighted by molar-refractivity contribution is 7.92. The van der Waals surface area contributed by atoms with E-state index in [1.54, 1.807) is 11.6 Å². The quantitative estimate of drug-likeness (QED) is 0.0779. The number of sulfone groups is 1. The van der Waals surface area contributed by atoms with Crippen LogP contribution in [-0.4, -0.2) is 88.7 Å². The highest BCUT2D eigenvalue weighted by Gasteiger charge is 2.45. The minimum absolute atomic E-state index is 0.124. The van der Waals surface area contributed by atoms with Crippen LogP contribution in [-0.2, 0) is 53.1 Å². The SMILES string of the molecule is CCOC(=O)C1=NOC(c2ccccc2)(c2ccccc2)C1.COc1ncc(F)c2nc(S(=O)(=O)Nc3c(F)cccc3F)nn12.Cc1nn(C)c(O)c1C(=O)c1ccc(C(F)(F)F)cc1S(C)(=O)=O. The number of hydrogen-bond donors (Lipinski definition) is 2. The maximum Gasteiger partial charge on any atom is 0.416 e. The maximum atomic E-state index is 13.7. The largest absolute Gasteiger partial charge is 0.493 e. The summed E-state index contributed by atoms with van der Waals surface area (Å²) in [7, 11) is -6.13. The van der Waals surface area contributed by atoms with E-state index in [2.05, 4.69) is 25.3 Å². The van der Waals surface area contributed by atoms with Crippen LogP contribution in [0.15, 0.2) is 118 Å². The van der Waals surface area contributed by atoms with Crippen molar-refractivity contribution < 1.29 is 72.2 Å². The summed E-state index contributed by atoms with van der Waals surface area (Å²) in [6, 6.07) is 24.0. The van der Waals surface area contributed by atoms with Gasteiger partial charge >= 0.3 is 18.2 Å². The van der Waals surface area contributed by atoms with Crippen LogP contribution in [0.5, 0.6) is 11.9 Å². The molecule has 0 amide bonds. The van der Waals surface area contributed by atoms with E-state index < -0.39 is 99.2 Å². The van der Waals surface area contributed by atoms with Crippen molar-refractivity contribution in [1.29, 1.82) is 0 Å². The molecule has 0 fully saturated rings. The van der Waals surface area contributed by atoms with Crippen molar-refractivity contribution >= 4 is 48.7 Å². The van der Waals surface area contributed by atoms with Gasteiger partial charge in [-0.3, -0.25) is 9.52 Å². The number of ketones is 1. The number of rotatable bonds is 11. The van der Waals surface area contributed by atoms with Crippen molar-refractivity contribution in [2.24, 2.45) is 12.2 Å². The Balaban J connectivity index is 0.000000172. The van der Waals surface area contributed by atoms with Gasteiger partial charge in [0.2, 0.25) is 11.7 Å². The molecule has 0 unspecified atom stereocenters. The average Bonchev–Trinajstić information content (AvgIpc) is 4.05. The molecule has 0 aliphatic carbocycles. The van der Waals surface area contributed by atoms with Gasteiger partial charge in [0.1, 0.15) is 22.9 Å². The number of alkyl halides is 3. The Hall–Kier alpha value is -7.87. The van der Waals surface area contributed by atoms with Gasteiger partial charge in [0, 0.05) is 30.0 Å². The van der Waals surface area contributed by atoms with Crippen molar-refractivity contribution in [1.82, 2.24) is 29.4 Å². The number of nitrogens with zero attached hydrogens (tertiary/aromatic N) is 7. The third kappa shape index (κ3) is 10.9. The first-order valence-electron chi connectivity index (χ1n) is 20.1. The fourth-order valence-corrected chi connectivity index (χ4v) is 8.57. The normalized spacial score (nSPS) is 13.2. The van der Waals surface area contributed by atoms with Crippen molar-refractivity contribution in [3.8, 4) is 11.9 Å². The molecular weight excluding hydrogens is 979 g/mol. The number of fused-ring (bicyclic) bond motifs is 1. The Kier molecular flexibility index (Phi) is 15.0. The summed E-state index contributed by atoms with van der Waals surface area (Å²) in [6.45, 7) is 3.51. The molecule has 4 aromatic carbocycles. The summed E-state index contributed by atoms with van der Waals surface area (Å²) in [5.41, 5.74) is -1.70. The second kappa shape index (κ2) is 20.4. The van der Waals surface area contributed by atoms with E-state index in [4.69, 9.17) is 14.3 Å². The lowest BCUT2D eigenvalue weighted by molar-refractivity contribution is -0.138. The number of oxime groups is 1. The highest BCUT2D eigenvalue weighted by atomic mass is 32.2. The predicted molar refractivity (Wildman–Crippen MR) is 235 cm³/mol. The third-order valence-corrected chi connectivity index (χ3v) is 12.2. The van der Waals surface area contributed by atoms with E-state index in [9.17, 15) is 57.9 Å². The molecule has 1 aliphatic rings. The summed E-state index contributed by atoms with van der Waals surface area (Å²) in [5, 5.41) is 20.3. The predicted octanol–water partition coefficient (Wildman–Crippen LogP) is 6.71. The molecule has 0 saturated heterocycles. The molecule has 0 spiro atoms. The van der Waals surface area contributed by atoms with Crippen LogP contribution in [0.25, 0.3) is 5.65 Å². The summed E-state index contributed by atoms with van der Waals surface area (Å²) in [6.07, 6.45) is -2.92. The second-order valence-corrected chi connectivity index (χ2v) is 18.3. The number of carbonyl (C=O) groups is 2. The van der Waals surface area contributed by atoms with Gasteiger partial charge in [-0.05, 0) is 44.2 Å². The first-order valence-corrected chi connectivity index (χ1v) is 23.4. The zero-order chi connectivity index (χ0) is 51.3. The number of halogens is 6. The van der Waals surface area contributed by atoms with Crippen LogP contribution >= 0.6 is 0 Å². The van der Waals surface area contributed by atoms with Crippen LogP contribution < -0.4 is 9.46 Å². The molecule has 2 N–H and O–H groups in total. The molecule has 0 atom stereocenters. The number of aromatic nitrogens is 6. The zero-order valence-corrected chi connectivity index (χ0v) is 38.7. The fraction of sp³-hybridized carbons (Fsp3) is 0.205. The van der Waals surface area contributed by atoms with Crippen LogP contribution in [0.2, 0.25) is 0 Å². The Morgan fingerprint density at radius 1 is 0.886 bits per heavy atom. The van der Waals surface area contributed by atoms with Gasteiger partial charge in [0.15, 0.2) is 32.6 Å². The number of para-hydroxylation sites is 1. The third-order valence-electron chi connectivity index (χ3n) is 9.98. The van der Waals surface area contributed by atoms with Gasteiger partial charge in [-0.15, -0.1) is 5.10 Å². The Labute approximate surface area is 394 Å². The van der Waals surface area contributed by atoms with Crippen molar-refractivity contribution in [2.45, 2.75) is 42.1 Å². The Bertz CT molecular complexity index is 3300. The van der Waals surface area contributed by atoms with E-state index in [0.29, 0.717) is 41.6 Å². The summed E-state index contributed by atoms with van der Waals surface area (Å²) >= 11 is 0. The number of benzene rings is 4. The smallest absolute Gasteiger partial charge is 0.416 e. The van der Waals surface area contributed by atoms with Gasteiger partial charge in [-0.25, -0.2) is 36.0 Å². The Morgan fingerprint density at radius 3 is 2.00 bits per heavy atom. The highest BCUT2D eigenvalue weighted by Crippen LogP contribution is 2.41. The van der Waals surface area contributed by atoms with Crippen molar-refractivity contribution in [3.63, 3.8) is 0 Å². The number of aryl methyl sites for hydroxylation is 2. The van der Waals surface area contributed by atoms with E-state index in [1.807, 2.05) is 60.7 Å². The van der Waals surface area contributed by atoms with Crippen LogP contribution in [0.3, 0.4) is 0 Å². The number of nitrogens with one attached hydrogen (secondary N) is 1. The minimum Gasteiger partial charge on any atom is -0.493 e. The van der Waals surface area contributed by atoms with Gasteiger partial charge in [0.25, 0.3) is 15.2 Å². The number of hydrogen-bond acceptors (Lipinski definition) is 15. The van der Waals surface area contributed by atoms with Crippen molar-refractivity contribution in [3.05, 3.63) is 154 Å². The number of ether oxygens (including phenoxy) is 2. The maximum absolute atomic E-state index is 13.7. The molecule has 26 heteroatoms. The molecule has 8 rings (SSSR count). The van der Waals surface area contributed by atoms with E-state index in [1.165, 1.54) is 21.1 Å². The molecule has 18 nitrogen and oxygen atoms in total. The number of esters is 1. The molecule has 70 heavy (non-hydrogen) atoms. The van der Waals surface area contributed by atoms with E-state index in [-0.39, 0.29) is 17.3 Å². The lowest BCUT2D eigenvalue weighted by atomic mass is 9.82. The lowest BCUT2D eigenvalue weighted by Gasteiger charge is -2.27. The molecule has 3 aromatic heterocycles. The average molecular weight is 1020 g/mol. The number of anilines is 1. The fourth-order valence-electron chi connectivity index (χ4n) is 6.72. The molecule has 368 valence electrons. The molecule has 1 aliphatic heterocycles. The Morgan fingerprint density at radius 2 is 1.49 bits per heavy atom. The monoisotopic (exact) mass is 1020 g/mol. The van der Waals surface area contributed by atoms with E-state index in [0.717, 1.165) is 46.3 Å². The first kappa shape index (κ1) is 51.5. The van der Waals surface area contributed by atoms with Gasteiger partial charge in [-0.2, -0.15) is 36.2 Å². The molecule has 0 radical (unpaired) electrons. The molecular formula is C44H38F6N8O10S2. The number of sulfonamides is 1. The van der Waals surface area contributed by atoms with Crippen LogP contribution in [0.1, 0.15) is 51.7 Å². The molecule has 0 bridgehead atoms. The summed E-state index contributed by atoms with van der Waals surface area (Å²) in [4.78, 5) is 36.6. The van der Waals surface area contributed by atoms with Crippen LogP contribution in [0.4, 0.5) is 32.0 Å².